The molecule has 2 rings (SSSR count). The Balaban J connectivity index is 1.75. The first-order valence-electron chi connectivity index (χ1n) is 7.66. The fourth-order valence-electron chi connectivity index (χ4n) is 2.19. The maximum Gasteiger partial charge on any atom is 0.242 e. The lowest BCUT2D eigenvalue weighted by molar-refractivity contribution is -0.128. The number of carbonyl (C=O) groups is 2. The molecular formula is C17H21N3O3S. The zero-order chi connectivity index (χ0) is 17.4. The van der Waals surface area contributed by atoms with Gasteiger partial charge in [0.2, 0.25) is 11.8 Å². The van der Waals surface area contributed by atoms with Crippen LogP contribution in [0.2, 0.25) is 0 Å². The highest BCUT2D eigenvalue weighted by Gasteiger charge is 2.15. The molecule has 2 N–H and O–H groups in total. The molecule has 0 bridgehead atoms. The minimum atomic E-state index is -0.589. The maximum absolute atomic E-state index is 12.0. The molecule has 0 spiro atoms. The molecule has 0 aliphatic heterocycles. The van der Waals surface area contributed by atoms with Crippen molar-refractivity contribution in [2.75, 3.05) is 7.11 Å². The van der Waals surface area contributed by atoms with Crippen LogP contribution in [-0.4, -0.2) is 29.9 Å². The van der Waals surface area contributed by atoms with Gasteiger partial charge in [-0.25, -0.2) is 4.98 Å². The zero-order valence-corrected chi connectivity index (χ0v) is 14.6. The van der Waals surface area contributed by atoms with Crippen LogP contribution in [0, 0.1) is 0 Å². The Labute approximate surface area is 145 Å². The molecule has 0 unspecified atom stereocenters. The smallest absolute Gasteiger partial charge is 0.242 e. The van der Waals surface area contributed by atoms with Gasteiger partial charge in [0, 0.05) is 11.8 Å². The zero-order valence-electron chi connectivity index (χ0n) is 13.7. The van der Waals surface area contributed by atoms with Crippen LogP contribution in [0.25, 0.3) is 0 Å². The van der Waals surface area contributed by atoms with Gasteiger partial charge in [-0.15, -0.1) is 11.3 Å². The van der Waals surface area contributed by atoms with Crippen molar-refractivity contribution in [3.05, 3.63) is 46.4 Å². The molecule has 24 heavy (non-hydrogen) atoms. The highest BCUT2D eigenvalue weighted by atomic mass is 32.1. The molecule has 2 aromatic rings. The fraction of sp³-hybridized carbons (Fsp3) is 0.353. The minimum Gasteiger partial charge on any atom is -0.496 e. The van der Waals surface area contributed by atoms with Crippen molar-refractivity contribution in [3.8, 4) is 5.75 Å². The molecule has 1 heterocycles. The average Bonchev–Trinajstić information content (AvgIpc) is 3.11. The Kier molecular flexibility index (Phi) is 6.74. The van der Waals surface area contributed by atoms with Crippen molar-refractivity contribution in [2.24, 2.45) is 0 Å². The summed E-state index contributed by atoms with van der Waals surface area (Å²) >= 11 is 1.48. The number of nitrogens with one attached hydrogen (secondary N) is 2. The third-order valence-corrected chi connectivity index (χ3v) is 4.15. The van der Waals surface area contributed by atoms with Crippen LogP contribution in [0.15, 0.2) is 35.2 Å². The molecule has 1 aromatic carbocycles. The van der Waals surface area contributed by atoms with Gasteiger partial charge in [0.15, 0.2) is 0 Å². The van der Waals surface area contributed by atoms with Crippen molar-refractivity contribution in [1.82, 2.24) is 15.6 Å². The number of amides is 2. The summed E-state index contributed by atoms with van der Waals surface area (Å²) in [5.74, 6) is 0.366. The standard InChI is InChI=1S/C17H21N3O3S/c1-12(17(22)18-9-14-10-24-11-19-14)20-16(21)8-7-13-5-3-4-6-15(13)23-2/h3-6,10-12H,7-9H2,1-2H3,(H,18,22)(H,20,21)/t12-/m1/s1. The first-order valence-corrected chi connectivity index (χ1v) is 8.60. The summed E-state index contributed by atoms with van der Waals surface area (Å²) in [5, 5.41) is 7.33. The van der Waals surface area contributed by atoms with Gasteiger partial charge in [0.25, 0.3) is 0 Å². The SMILES string of the molecule is COc1ccccc1CCC(=O)N[C@H](C)C(=O)NCc1cscn1. The normalized spacial score (nSPS) is 11.6. The fourth-order valence-corrected chi connectivity index (χ4v) is 2.75. The van der Waals surface area contributed by atoms with Crippen LogP contribution >= 0.6 is 11.3 Å². The number of carbonyl (C=O) groups excluding carboxylic acids is 2. The van der Waals surface area contributed by atoms with Crippen molar-refractivity contribution in [1.29, 1.82) is 0 Å². The van der Waals surface area contributed by atoms with E-state index in [0.29, 0.717) is 19.4 Å². The molecule has 0 aliphatic carbocycles. The number of thiazole rings is 1. The Morgan fingerprint density at radius 2 is 2.12 bits per heavy atom. The van der Waals surface area contributed by atoms with Crippen LogP contribution < -0.4 is 15.4 Å². The number of hydrogen-bond donors (Lipinski definition) is 2. The summed E-state index contributed by atoms with van der Waals surface area (Å²) in [6, 6.07) is 6.99. The predicted molar refractivity (Wildman–Crippen MR) is 92.9 cm³/mol. The van der Waals surface area contributed by atoms with Gasteiger partial charge < -0.3 is 15.4 Å². The van der Waals surface area contributed by atoms with Crippen molar-refractivity contribution >= 4 is 23.2 Å². The summed E-state index contributed by atoms with van der Waals surface area (Å²) in [7, 11) is 1.60. The van der Waals surface area contributed by atoms with E-state index in [1.54, 1.807) is 19.5 Å². The largest absolute Gasteiger partial charge is 0.496 e. The monoisotopic (exact) mass is 347 g/mol. The number of hydrogen-bond acceptors (Lipinski definition) is 5. The number of aryl methyl sites for hydroxylation is 1. The van der Waals surface area contributed by atoms with Crippen molar-refractivity contribution in [3.63, 3.8) is 0 Å². The average molecular weight is 347 g/mol. The second-order valence-electron chi connectivity index (χ2n) is 5.30. The summed E-state index contributed by atoms with van der Waals surface area (Å²) in [6.07, 6.45) is 0.854. The lowest BCUT2D eigenvalue weighted by Gasteiger charge is -2.14. The topological polar surface area (TPSA) is 80.3 Å². The maximum atomic E-state index is 12.0. The first-order chi connectivity index (χ1) is 11.6. The quantitative estimate of drug-likeness (QED) is 0.764. The van der Waals surface area contributed by atoms with Gasteiger partial charge in [0.1, 0.15) is 11.8 Å². The molecule has 1 aromatic heterocycles. The second-order valence-corrected chi connectivity index (χ2v) is 6.02. The molecule has 7 heteroatoms. The molecule has 0 saturated heterocycles. The van der Waals surface area contributed by atoms with Gasteiger partial charge in [0.05, 0.1) is 24.9 Å². The molecule has 128 valence electrons. The molecule has 0 radical (unpaired) electrons. The summed E-state index contributed by atoms with van der Waals surface area (Å²) in [4.78, 5) is 28.1. The molecular weight excluding hydrogens is 326 g/mol. The lowest BCUT2D eigenvalue weighted by atomic mass is 10.1. The Bertz CT molecular complexity index is 673. The van der Waals surface area contributed by atoms with Gasteiger partial charge in [-0.3, -0.25) is 9.59 Å². The Morgan fingerprint density at radius 1 is 1.33 bits per heavy atom. The van der Waals surface area contributed by atoms with Gasteiger partial charge in [-0.05, 0) is 25.0 Å². The highest BCUT2D eigenvalue weighted by molar-refractivity contribution is 7.07. The van der Waals surface area contributed by atoms with Crippen LogP contribution in [0.3, 0.4) is 0 Å². The number of benzene rings is 1. The number of nitrogens with zero attached hydrogens (tertiary/aromatic N) is 1. The van der Waals surface area contributed by atoms with Crippen LogP contribution in [0.4, 0.5) is 0 Å². The van der Waals surface area contributed by atoms with E-state index in [4.69, 9.17) is 4.74 Å². The Morgan fingerprint density at radius 3 is 2.83 bits per heavy atom. The van der Waals surface area contributed by atoms with E-state index in [1.807, 2.05) is 29.6 Å². The summed E-state index contributed by atoms with van der Waals surface area (Å²) in [5.41, 5.74) is 3.49. The number of rotatable bonds is 8. The molecule has 0 fully saturated rings. The van der Waals surface area contributed by atoms with Gasteiger partial charge in [-0.1, -0.05) is 18.2 Å². The van der Waals surface area contributed by atoms with Crippen LogP contribution in [0.1, 0.15) is 24.6 Å². The molecule has 0 aliphatic rings. The van der Waals surface area contributed by atoms with Gasteiger partial charge >= 0.3 is 0 Å². The molecule has 2 amide bonds. The molecule has 6 nitrogen and oxygen atoms in total. The number of methoxy groups -OCH3 is 1. The van der Waals surface area contributed by atoms with E-state index >= 15 is 0 Å². The Hall–Kier alpha value is -2.41. The first kappa shape index (κ1) is 17.9. The van der Waals surface area contributed by atoms with E-state index in [1.165, 1.54) is 11.3 Å². The van der Waals surface area contributed by atoms with E-state index < -0.39 is 6.04 Å². The number of aromatic nitrogens is 1. The second kappa shape index (κ2) is 9.02. The van der Waals surface area contributed by atoms with Crippen LogP contribution in [-0.2, 0) is 22.6 Å². The number of para-hydroxylation sites is 1. The van der Waals surface area contributed by atoms with Crippen molar-refractivity contribution in [2.45, 2.75) is 32.4 Å². The van der Waals surface area contributed by atoms with Gasteiger partial charge in [-0.2, -0.15) is 0 Å². The lowest BCUT2D eigenvalue weighted by Crippen LogP contribution is -2.44. The highest BCUT2D eigenvalue weighted by Crippen LogP contribution is 2.18. The third-order valence-electron chi connectivity index (χ3n) is 3.51. The van der Waals surface area contributed by atoms with E-state index in [9.17, 15) is 9.59 Å². The third kappa shape index (κ3) is 5.34. The molecule has 0 saturated carbocycles. The summed E-state index contributed by atoms with van der Waals surface area (Å²) in [6.45, 7) is 2.03. The van der Waals surface area contributed by atoms with E-state index in [2.05, 4.69) is 15.6 Å². The van der Waals surface area contributed by atoms with E-state index in [-0.39, 0.29) is 11.8 Å². The van der Waals surface area contributed by atoms with Crippen molar-refractivity contribution < 1.29 is 14.3 Å². The predicted octanol–water partition coefficient (Wildman–Crippen LogP) is 1.91. The van der Waals surface area contributed by atoms with E-state index in [0.717, 1.165) is 17.0 Å². The summed E-state index contributed by atoms with van der Waals surface area (Å²) < 4.78 is 5.26. The molecule has 1 atom stereocenters. The van der Waals surface area contributed by atoms with Crippen LogP contribution in [0.5, 0.6) is 5.75 Å². The number of ether oxygens (including phenoxy) is 1. The minimum absolute atomic E-state index is 0.169.